The first kappa shape index (κ1) is 29.7. The maximum absolute atomic E-state index is 4.22. The van der Waals surface area contributed by atoms with Crippen molar-refractivity contribution in [2.24, 2.45) is 0 Å². The van der Waals surface area contributed by atoms with Gasteiger partial charge in [0.25, 0.3) is 0 Å². The first-order chi connectivity index (χ1) is 22.2. The number of nitrogens with zero attached hydrogens (tertiary/aromatic N) is 2. The van der Waals surface area contributed by atoms with Crippen LogP contribution in [0.5, 0.6) is 0 Å². The monoisotopic (exact) mass is 584 g/mol. The molecule has 222 valence electrons. The van der Waals surface area contributed by atoms with Crippen LogP contribution in [0.25, 0.3) is 21.9 Å². The smallest absolute Gasteiger partial charge is 0.0543 e. The topological polar surface area (TPSA) is 6.48 Å². The molecule has 4 aromatic rings. The van der Waals surface area contributed by atoms with Crippen molar-refractivity contribution < 1.29 is 0 Å². The molecule has 0 fully saturated rings. The third-order valence-corrected chi connectivity index (χ3v) is 8.47. The minimum absolute atomic E-state index is 0.872. The van der Waals surface area contributed by atoms with E-state index in [-0.39, 0.29) is 0 Å². The van der Waals surface area contributed by atoms with Gasteiger partial charge in [0.15, 0.2) is 0 Å². The van der Waals surface area contributed by atoms with Crippen LogP contribution in [0.15, 0.2) is 176 Å². The molecular formula is C43H40N2. The van der Waals surface area contributed by atoms with Crippen molar-refractivity contribution >= 4 is 27.8 Å². The molecule has 0 aliphatic heterocycles. The first-order valence-electron chi connectivity index (χ1n) is 15.8. The van der Waals surface area contributed by atoms with E-state index in [9.17, 15) is 0 Å². The molecule has 4 aromatic carbocycles. The molecule has 2 nitrogen and oxygen atoms in total. The van der Waals surface area contributed by atoms with Crippen molar-refractivity contribution in [3.05, 3.63) is 187 Å². The Hall–Kier alpha value is -5.34. The van der Waals surface area contributed by atoms with Gasteiger partial charge in [-0.3, -0.25) is 0 Å². The normalized spacial score (nSPS) is 14.5. The van der Waals surface area contributed by atoms with Gasteiger partial charge >= 0.3 is 0 Å². The van der Waals surface area contributed by atoms with Gasteiger partial charge in [0, 0.05) is 33.9 Å². The van der Waals surface area contributed by atoms with Gasteiger partial charge in [0.1, 0.15) is 0 Å². The number of rotatable bonds is 10. The molecule has 0 saturated heterocycles. The molecule has 0 radical (unpaired) electrons. The lowest BCUT2D eigenvalue weighted by Gasteiger charge is -2.30. The van der Waals surface area contributed by atoms with E-state index in [1.54, 1.807) is 0 Å². The summed E-state index contributed by atoms with van der Waals surface area (Å²) < 4.78 is 0. The number of hydrogen-bond acceptors (Lipinski definition) is 2. The number of hydrogen-bond donors (Lipinski definition) is 0. The van der Waals surface area contributed by atoms with Crippen LogP contribution in [0, 0.1) is 0 Å². The molecule has 0 aromatic heterocycles. The Kier molecular flexibility index (Phi) is 8.94. The molecule has 2 aliphatic rings. The lowest BCUT2D eigenvalue weighted by molar-refractivity contribution is 0.988. The summed E-state index contributed by atoms with van der Waals surface area (Å²) in [6.07, 6.45) is 26.2. The van der Waals surface area contributed by atoms with Gasteiger partial charge in [-0.15, -0.1) is 0 Å². The molecule has 0 saturated carbocycles. The molecule has 0 heterocycles. The molecule has 0 N–H and O–H groups in total. The van der Waals surface area contributed by atoms with Gasteiger partial charge in [0.2, 0.25) is 0 Å². The van der Waals surface area contributed by atoms with Crippen LogP contribution in [-0.2, 0) is 6.42 Å². The van der Waals surface area contributed by atoms with Crippen molar-refractivity contribution in [1.82, 2.24) is 0 Å². The molecule has 0 bridgehead atoms. The van der Waals surface area contributed by atoms with Crippen LogP contribution in [-0.4, -0.2) is 0 Å². The number of benzene rings is 4. The van der Waals surface area contributed by atoms with E-state index in [2.05, 4.69) is 157 Å². The Morgan fingerprint density at radius 2 is 1.56 bits per heavy atom. The SMILES string of the molecule is C=C/C=C\C(=C/C)N(c1ccccc1)c1ccc2c(c1)Cc1cc(N(C3=CCCC=C3)/C(C=C)=C/C=C\C)c3ccccc3c1-2. The zero-order valence-corrected chi connectivity index (χ0v) is 26.3. The van der Waals surface area contributed by atoms with Gasteiger partial charge in [-0.05, 0) is 115 Å². The lowest BCUT2D eigenvalue weighted by Crippen LogP contribution is -2.21. The van der Waals surface area contributed by atoms with Crippen molar-refractivity contribution in [2.75, 3.05) is 9.80 Å². The fourth-order valence-corrected chi connectivity index (χ4v) is 6.48. The summed E-state index contributed by atoms with van der Waals surface area (Å²) in [5.41, 5.74) is 12.1. The Bertz CT molecular complexity index is 1930. The predicted octanol–water partition coefficient (Wildman–Crippen LogP) is 11.9. The highest BCUT2D eigenvalue weighted by Gasteiger charge is 2.27. The second kappa shape index (κ2) is 13.5. The lowest BCUT2D eigenvalue weighted by atomic mass is 9.95. The fourth-order valence-electron chi connectivity index (χ4n) is 6.48. The molecule has 6 rings (SSSR count). The van der Waals surface area contributed by atoms with Gasteiger partial charge < -0.3 is 9.80 Å². The Morgan fingerprint density at radius 3 is 2.27 bits per heavy atom. The van der Waals surface area contributed by atoms with Crippen LogP contribution in [0.3, 0.4) is 0 Å². The highest BCUT2D eigenvalue weighted by molar-refractivity contribution is 6.08. The molecule has 0 spiro atoms. The molecule has 2 heteroatoms. The van der Waals surface area contributed by atoms with Crippen molar-refractivity contribution in [2.45, 2.75) is 33.1 Å². The number of anilines is 3. The second-order valence-corrected chi connectivity index (χ2v) is 11.2. The fraction of sp³-hybridized carbons (Fsp3) is 0.116. The first-order valence-corrected chi connectivity index (χ1v) is 15.8. The maximum atomic E-state index is 4.22. The average Bonchev–Trinajstić information content (AvgIpc) is 3.47. The predicted molar refractivity (Wildman–Crippen MR) is 196 cm³/mol. The number of fused-ring (bicyclic) bond motifs is 5. The van der Waals surface area contributed by atoms with Crippen LogP contribution < -0.4 is 9.80 Å². The minimum Gasteiger partial charge on any atom is -0.311 e. The van der Waals surface area contributed by atoms with Crippen LogP contribution >= 0.6 is 0 Å². The van der Waals surface area contributed by atoms with E-state index in [4.69, 9.17) is 0 Å². The summed E-state index contributed by atoms with van der Waals surface area (Å²) >= 11 is 0. The maximum Gasteiger partial charge on any atom is 0.0543 e. The largest absolute Gasteiger partial charge is 0.311 e. The summed E-state index contributed by atoms with van der Waals surface area (Å²) in [5, 5.41) is 2.51. The van der Waals surface area contributed by atoms with Gasteiger partial charge in [-0.25, -0.2) is 0 Å². The second-order valence-electron chi connectivity index (χ2n) is 11.2. The molecule has 0 unspecified atom stereocenters. The minimum atomic E-state index is 0.872. The third kappa shape index (κ3) is 5.80. The Labute approximate surface area is 268 Å². The quantitative estimate of drug-likeness (QED) is 0.151. The zero-order chi connectivity index (χ0) is 31.2. The van der Waals surface area contributed by atoms with Crippen molar-refractivity contribution in [3.8, 4) is 11.1 Å². The third-order valence-electron chi connectivity index (χ3n) is 8.47. The highest BCUT2D eigenvalue weighted by Crippen LogP contribution is 2.47. The van der Waals surface area contributed by atoms with E-state index in [1.807, 2.05) is 25.2 Å². The Morgan fingerprint density at radius 1 is 0.756 bits per heavy atom. The summed E-state index contributed by atoms with van der Waals surface area (Å²) in [4.78, 5) is 4.69. The van der Waals surface area contributed by atoms with Crippen LogP contribution in [0.4, 0.5) is 17.1 Å². The molecule has 0 amide bonds. The standard InChI is InChI=1S/C43H40N2/c1-5-9-19-34(7-3)44(36-21-13-11-14-22-36)38-27-28-39-32(30-38)29-33-31-42(40-25-17-18-26-41(40)43(33)39)45(35(8-4)20-10-6-2)37-23-15-12-16-24-37/h5-11,13-15,17-28,30-31H,1,4,12,16,29H2,2-3H3/b10-6-,19-9-,34-7+,35-20+. The van der Waals surface area contributed by atoms with E-state index >= 15 is 0 Å². The highest BCUT2D eigenvalue weighted by atomic mass is 15.2. The van der Waals surface area contributed by atoms with Crippen LogP contribution in [0.1, 0.15) is 37.8 Å². The summed E-state index contributed by atoms with van der Waals surface area (Å²) in [6, 6.07) is 28.8. The number of para-hydroxylation sites is 1. The van der Waals surface area contributed by atoms with Crippen molar-refractivity contribution in [3.63, 3.8) is 0 Å². The van der Waals surface area contributed by atoms with E-state index in [1.165, 1.54) is 44.4 Å². The number of allylic oxidation sites excluding steroid dienone is 11. The summed E-state index contributed by atoms with van der Waals surface area (Å²) in [6.45, 7) is 12.2. The Balaban J connectivity index is 1.51. The average molecular weight is 585 g/mol. The summed E-state index contributed by atoms with van der Waals surface area (Å²) in [5.74, 6) is 0. The molecule has 0 atom stereocenters. The van der Waals surface area contributed by atoms with E-state index in [0.717, 1.165) is 42.0 Å². The van der Waals surface area contributed by atoms with E-state index in [0.29, 0.717) is 0 Å². The van der Waals surface area contributed by atoms with Crippen molar-refractivity contribution in [1.29, 1.82) is 0 Å². The molecule has 2 aliphatic carbocycles. The summed E-state index contributed by atoms with van der Waals surface area (Å²) in [7, 11) is 0. The van der Waals surface area contributed by atoms with Gasteiger partial charge in [-0.1, -0.05) is 104 Å². The van der Waals surface area contributed by atoms with Gasteiger partial charge in [0.05, 0.1) is 5.69 Å². The van der Waals surface area contributed by atoms with Gasteiger partial charge in [-0.2, -0.15) is 0 Å². The van der Waals surface area contributed by atoms with Crippen LogP contribution in [0.2, 0.25) is 0 Å². The molecular weight excluding hydrogens is 544 g/mol. The molecule has 45 heavy (non-hydrogen) atoms. The van der Waals surface area contributed by atoms with E-state index < -0.39 is 0 Å². The zero-order valence-electron chi connectivity index (χ0n) is 26.3.